The highest BCUT2D eigenvalue weighted by molar-refractivity contribution is 5.99. The Kier molecular flexibility index (Phi) is 4.00. The molecule has 0 saturated carbocycles. The molecule has 0 unspecified atom stereocenters. The van der Waals surface area contributed by atoms with Crippen molar-refractivity contribution in [2.75, 3.05) is 13.1 Å². The van der Waals surface area contributed by atoms with E-state index in [9.17, 15) is 4.79 Å². The van der Waals surface area contributed by atoms with Crippen LogP contribution in [0, 0.1) is 0 Å². The molecule has 1 aromatic carbocycles. The zero-order chi connectivity index (χ0) is 14.5. The highest BCUT2D eigenvalue weighted by Crippen LogP contribution is 2.07. The van der Waals surface area contributed by atoms with Crippen molar-refractivity contribution in [2.24, 2.45) is 4.99 Å². The van der Waals surface area contributed by atoms with Crippen LogP contribution in [0.5, 0.6) is 0 Å². The normalized spacial score (nSPS) is 14.2. The Balaban J connectivity index is 1.59. The number of hydrogen-bond acceptors (Lipinski definition) is 4. The summed E-state index contributed by atoms with van der Waals surface area (Å²) in [6.45, 7) is 2.34. The third-order valence-electron chi connectivity index (χ3n) is 3.36. The molecule has 3 rings (SSSR count). The molecule has 21 heavy (non-hydrogen) atoms. The molecule has 5 nitrogen and oxygen atoms in total. The molecule has 0 aliphatic carbocycles. The Morgan fingerprint density at radius 3 is 2.81 bits per heavy atom. The zero-order valence-corrected chi connectivity index (χ0v) is 11.6. The first-order chi connectivity index (χ1) is 10.3. The maximum Gasteiger partial charge on any atom is 0.254 e. The van der Waals surface area contributed by atoms with E-state index in [1.165, 1.54) is 12.5 Å². The number of hydrogen-bond donors (Lipinski definition) is 2. The van der Waals surface area contributed by atoms with Crippen LogP contribution in [0.2, 0.25) is 0 Å². The molecule has 2 heterocycles. The van der Waals surface area contributed by atoms with Crippen molar-refractivity contribution in [1.82, 2.24) is 10.6 Å². The summed E-state index contributed by atoms with van der Waals surface area (Å²) >= 11 is 0. The molecular weight excluding hydrogens is 266 g/mol. The van der Waals surface area contributed by atoms with Crippen LogP contribution in [-0.2, 0) is 6.54 Å². The fraction of sp³-hybridized carbons (Fsp3) is 0.250. The molecule has 0 bridgehead atoms. The third-order valence-corrected chi connectivity index (χ3v) is 3.36. The highest BCUT2D eigenvalue weighted by Gasteiger charge is 2.08. The van der Waals surface area contributed by atoms with Gasteiger partial charge < -0.3 is 15.1 Å². The summed E-state index contributed by atoms with van der Waals surface area (Å²) in [5.41, 5.74) is 2.67. The van der Waals surface area contributed by atoms with Gasteiger partial charge in [-0.15, -0.1) is 0 Å². The number of carbonyl (C=O) groups is 1. The monoisotopic (exact) mass is 283 g/mol. The number of furan rings is 1. The molecule has 0 fully saturated rings. The highest BCUT2D eigenvalue weighted by atomic mass is 16.3. The molecule has 1 aliphatic rings. The standard InChI is InChI=1S/C16H17N3O2/c20-16(14-6-9-21-11-14)19-10-12-2-4-13(5-3-12)15-17-7-1-8-18-15/h2-6,9,11H,1,7-8,10H2,(H,17,18)(H,19,20). The van der Waals surface area contributed by atoms with Gasteiger partial charge in [0.05, 0.1) is 11.8 Å². The summed E-state index contributed by atoms with van der Waals surface area (Å²) in [6, 6.07) is 9.70. The molecule has 0 spiro atoms. The fourth-order valence-electron chi connectivity index (χ4n) is 2.18. The number of amides is 1. The molecule has 2 aromatic rings. The lowest BCUT2D eigenvalue weighted by Crippen LogP contribution is -2.30. The SMILES string of the molecule is O=C(NCc1ccc(C2=NCCCN2)cc1)c1ccoc1. The first-order valence-electron chi connectivity index (χ1n) is 7.01. The summed E-state index contributed by atoms with van der Waals surface area (Å²) in [4.78, 5) is 16.3. The van der Waals surface area contributed by atoms with E-state index < -0.39 is 0 Å². The van der Waals surface area contributed by atoms with Gasteiger partial charge in [0, 0.05) is 25.2 Å². The molecule has 108 valence electrons. The van der Waals surface area contributed by atoms with Gasteiger partial charge in [-0.2, -0.15) is 0 Å². The van der Waals surface area contributed by atoms with Crippen LogP contribution < -0.4 is 10.6 Å². The van der Waals surface area contributed by atoms with E-state index in [2.05, 4.69) is 15.6 Å². The zero-order valence-electron chi connectivity index (χ0n) is 11.6. The van der Waals surface area contributed by atoms with Gasteiger partial charge in [0.25, 0.3) is 5.91 Å². The minimum absolute atomic E-state index is 0.133. The Morgan fingerprint density at radius 2 is 2.14 bits per heavy atom. The van der Waals surface area contributed by atoms with E-state index in [1.807, 2.05) is 24.3 Å². The maximum absolute atomic E-state index is 11.8. The van der Waals surface area contributed by atoms with Crippen molar-refractivity contribution in [1.29, 1.82) is 0 Å². The summed E-state index contributed by atoms with van der Waals surface area (Å²) < 4.78 is 4.89. The average Bonchev–Trinajstić information content (AvgIpc) is 3.08. The summed E-state index contributed by atoms with van der Waals surface area (Å²) in [5.74, 6) is 0.821. The molecule has 0 radical (unpaired) electrons. The van der Waals surface area contributed by atoms with Gasteiger partial charge in [-0.25, -0.2) is 0 Å². The first kappa shape index (κ1) is 13.4. The second-order valence-electron chi connectivity index (χ2n) is 4.90. The lowest BCUT2D eigenvalue weighted by atomic mass is 10.1. The molecule has 1 aliphatic heterocycles. The quantitative estimate of drug-likeness (QED) is 0.901. The number of amidine groups is 1. The second-order valence-corrected chi connectivity index (χ2v) is 4.90. The van der Waals surface area contributed by atoms with Gasteiger partial charge in [-0.05, 0) is 18.1 Å². The molecule has 5 heteroatoms. The molecule has 2 N–H and O–H groups in total. The van der Waals surface area contributed by atoms with Crippen molar-refractivity contribution in [3.63, 3.8) is 0 Å². The summed E-state index contributed by atoms with van der Waals surface area (Å²) in [7, 11) is 0. The second kappa shape index (κ2) is 6.26. The predicted octanol–water partition coefficient (Wildman–Crippen LogP) is 1.95. The van der Waals surface area contributed by atoms with Crippen molar-refractivity contribution >= 4 is 11.7 Å². The van der Waals surface area contributed by atoms with Crippen LogP contribution in [0.15, 0.2) is 52.3 Å². The lowest BCUT2D eigenvalue weighted by Gasteiger charge is -2.14. The summed E-state index contributed by atoms with van der Waals surface area (Å²) in [5, 5.41) is 6.15. The first-order valence-corrected chi connectivity index (χ1v) is 7.01. The van der Waals surface area contributed by atoms with Gasteiger partial charge in [0.2, 0.25) is 0 Å². The lowest BCUT2D eigenvalue weighted by molar-refractivity contribution is 0.0950. The minimum atomic E-state index is -0.133. The van der Waals surface area contributed by atoms with E-state index in [0.717, 1.165) is 36.5 Å². The smallest absolute Gasteiger partial charge is 0.254 e. The number of carbonyl (C=O) groups excluding carboxylic acids is 1. The Labute approximate surface area is 123 Å². The van der Waals surface area contributed by atoms with Gasteiger partial charge in [0.15, 0.2) is 0 Å². The number of rotatable bonds is 4. The number of nitrogens with one attached hydrogen (secondary N) is 2. The molecule has 0 saturated heterocycles. The van der Waals surface area contributed by atoms with Gasteiger partial charge in [0.1, 0.15) is 12.1 Å². The van der Waals surface area contributed by atoms with E-state index in [0.29, 0.717) is 12.1 Å². The Morgan fingerprint density at radius 1 is 1.29 bits per heavy atom. The van der Waals surface area contributed by atoms with Crippen molar-refractivity contribution in [3.8, 4) is 0 Å². The fourth-order valence-corrected chi connectivity index (χ4v) is 2.18. The van der Waals surface area contributed by atoms with Crippen LogP contribution >= 0.6 is 0 Å². The van der Waals surface area contributed by atoms with Crippen molar-refractivity contribution in [3.05, 3.63) is 59.5 Å². The third kappa shape index (κ3) is 3.31. The summed E-state index contributed by atoms with van der Waals surface area (Å²) in [6.07, 6.45) is 4.01. The molecule has 1 aromatic heterocycles. The number of aliphatic imine (C=N–C) groups is 1. The molecule has 0 atom stereocenters. The molecular formula is C16H17N3O2. The molecule has 1 amide bonds. The Bertz CT molecular complexity index is 630. The van der Waals surface area contributed by atoms with Gasteiger partial charge >= 0.3 is 0 Å². The van der Waals surface area contributed by atoms with Crippen LogP contribution in [0.3, 0.4) is 0 Å². The van der Waals surface area contributed by atoms with Crippen molar-refractivity contribution in [2.45, 2.75) is 13.0 Å². The largest absolute Gasteiger partial charge is 0.472 e. The van der Waals surface area contributed by atoms with Gasteiger partial charge in [-0.1, -0.05) is 24.3 Å². The van der Waals surface area contributed by atoms with E-state index in [1.54, 1.807) is 6.07 Å². The number of nitrogens with zero attached hydrogens (tertiary/aromatic N) is 1. The van der Waals surface area contributed by atoms with E-state index in [4.69, 9.17) is 4.42 Å². The van der Waals surface area contributed by atoms with Crippen LogP contribution in [-0.4, -0.2) is 24.8 Å². The van der Waals surface area contributed by atoms with Crippen LogP contribution in [0.1, 0.15) is 27.9 Å². The van der Waals surface area contributed by atoms with Crippen LogP contribution in [0.25, 0.3) is 0 Å². The number of benzene rings is 1. The van der Waals surface area contributed by atoms with Crippen molar-refractivity contribution < 1.29 is 9.21 Å². The van der Waals surface area contributed by atoms with Crippen LogP contribution in [0.4, 0.5) is 0 Å². The maximum atomic E-state index is 11.8. The van der Waals surface area contributed by atoms with E-state index in [-0.39, 0.29) is 5.91 Å². The van der Waals surface area contributed by atoms with E-state index >= 15 is 0 Å². The topological polar surface area (TPSA) is 66.6 Å². The Hall–Kier alpha value is -2.56. The average molecular weight is 283 g/mol. The van der Waals surface area contributed by atoms with Gasteiger partial charge in [-0.3, -0.25) is 9.79 Å². The predicted molar refractivity (Wildman–Crippen MR) is 80.3 cm³/mol. The minimum Gasteiger partial charge on any atom is -0.472 e.